The summed E-state index contributed by atoms with van der Waals surface area (Å²) in [6.45, 7) is 0. The van der Waals surface area contributed by atoms with E-state index in [-0.39, 0.29) is 12.4 Å². The zero-order valence-corrected chi connectivity index (χ0v) is 8.56. The lowest BCUT2D eigenvalue weighted by atomic mass is 10.2. The topological polar surface area (TPSA) is 17.0 Å². The second kappa shape index (κ2) is 3.71. The Balaban J connectivity index is 0.000000845. The van der Waals surface area contributed by atoms with E-state index in [1.165, 1.54) is 10.9 Å². The van der Waals surface area contributed by atoms with Gasteiger partial charge in [-0.2, -0.15) is 0 Å². The zero-order chi connectivity index (χ0) is 8.55. The van der Waals surface area contributed by atoms with Crippen LogP contribution in [0, 0.1) is 0 Å². The van der Waals surface area contributed by atoms with E-state index in [0.29, 0.717) is 0 Å². The van der Waals surface area contributed by atoms with Crippen molar-refractivity contribution in [3.05, 3.63) is 30.3 Å². The summed E-state index contributed by atoms with van der Waals surface area (Å²) in [6, 6.07) is 10.5. The van der Waals surface area contributed by atoms with Gasteiger partial charge in [-0.15, -0.1) is 12.4 Å². The predicted octanol–water partition coefficient (Wildman–Crippen LogP) is 2.64. The maximum absolute atomic E-state index is 3.15. The number of nitrogens with one attached hydrogen (secondary N) is 1. The van der Waals surface area contributed by atoms with Gasteiger partial charge in [-0.3, -0.25) is 0 Å². The quantitative estimate of drug-likeness (QED) is 0.742. The van der Waals surface area contributed by atoms with Crippen molar-refractivity contribution in [1.82, 2.24) is 4.57 Å². The molecule has 0 aliphatic rings. The normalized spacial score (nSPS) is 9.69. The Kier molecular flexibility index (Phi) is 2.83. The molecule has 13 heavy (non-hydrogen) atoms. The average molecular weight is 197 g/mol. The maximum atomic E-state index is 3.15. The Morgan fingerprint density at radius 3 is 2.54 bits per heavy atom. The summed E-state index contributed by atoms with van der Waals surface area (Å²) in [6.07, 6.45) is 0. The molecule has 70 valence electrons. The maximum Gasteiger partial charge on any atom is 0.106 e. The molecule has 0 fully saturated rings. The number of hydrogen-bond donors (Lipinski definition) is 1. The van der Waals surface area contributed by atoms with Crippen LogP contribution in [0.15, 0.2) is 30.3 Å². The van der Waals surface area contributed by atoms with E-state index in [1.807, 2.05) is 7.05 Å². The van der Waals surface area contributed by atoms with Crippen LogP contribution in [0.25, 0.3) is 10.9 Å². The first-order valence-corrected chi connectivity index (χ1v) is 4.05. The van der Waals surface area contributed by atoms with Gasteiger partial charge in [0.2, 0.25) is 0 Å². The summed E-state index contributed by atoms with van der Waals surface area (Å²) < 4.78 is 2.15. The highest BCUT2D eigenvalue weighted by molar-refractivity contribution is 5.85. The summed E-state index contributed by atoms with van der Waals surface area (Å²) in [5, 5.41) is 4.43. The molecule has 0 aliphatic carbocycles. The molecule has 0 radical (unpaired) electrons. The molecule has 1 aromatic heterocycles. The predicted molar refractivity (Wildman–Crippen MR) is 59.7 cm³/mol. The summed E-state index contributed by atoms with van der Waals surface area (Å²) in [5.41, 5.74) is 1.27. The molecule has 1 N–H and O–H groups in total. The minimum Gasteiger partial charge on any atom is -0.375 e. The monoisotopic (exact) mass is 196 g/mol. The molecule has 0 aliphatic heterocycles. The third-order valence-electron chi connectivity index (χ3n) is 2.21. The van der Waals surface area contributed by atoms with E-state index in [1.54, 1.807) is 0 Å². The molecule has 0 saturated carbocycles. The number of rotatable bonds is 1. The van der Waals surface area contributed by atoms with E-state index < -0.39 is 0 Å². The molecule has 2 rings (SSSR count). The SMILES string of the molecule is CNc1cc2ccccc2n1C.Cl. The van der Waals surface area contributed by atoms with Crippen LogP contribution >= 0.6 is 12.4 Å². The smallest absolute Gasteiger partial charge is 0.106 e. The van der Waals surface area contributed by atoms with Crippen LogP contribution in [-0.4, -0.2) is 11.6 Å². The highest BCUT2D eigenvalue weighted by Crippen LogP contribution is 2.20. The summed E-state index contributed by atoms with van der Waals surface area (Å²) in [4.78, 5) is 0. The zero-order valence-electron chi connectivity index (χ0n) is 7.74. The van der Waals surface area contributed by atoms with Crippen molar-refractivity contribution < 1.29 is 0 Å². The first-order valence-electron chi connectivity index (χ1n) is 4.05. The van der Waals surface area contributed by atoms with Gasteiger partial charge in [0.1, 0.15) is 5.82 Å². The van der Waals surface area contributed by atoms with Gasteiger partial charge >= 0.3 is 0 Å². The van der Waals surface area contributed by atoms with Crippen molar-refractivity contribution in [2.45, 2.75) is 0 Å². The molecule has 0 amide bonds. The Morgan fingerprint density at radius 2 is 1.92 bits per heavy atom. The fourth-order valence-electron chi connectivity index (χ4n) is 1.53. The summed E-state index contributed by atoms with van der Waals surface area (Å²) >= 11 is 0. The minimum absolute atomic E-state index is 0. The number of nitrogens with zero attached hydrogens (tertiary/aromatic N) is 1. The number of aromatic nitrogens is 1. The fraction of sp³-hybridized carbons (Fsp3) is 0.200. The third kappa shape index (κ3) is 1.49. The highest BCUT2D eigenvalue weighted by Gasteiger charge is 2.01. The second-order valence-electron chi connectivity index (χ2n) is 2.90. The molecular formula is C10H13ClN2. The first kappa shape index (κ1) is 9.93. The average Bonchev–Trinajstić information content (AvgIpc) is 2.44. The van der Waals surface area contributed by atoms with Crippen molar-refractivity contribution in [3.63, 3.8) is 0 Å². The molecule has 3 heteroatoms. The number of aryl methyl sites for hydroxylation is 1. The van der Waals surface area contributed by atoms with Gasteiger partial charge in [0, 0.05) is 25.0 Å². The van der Waals surface area contributed by atoms with Crippen molar-refractivity contribution in [3.8, 4) is 0 Å². The molecule has 0 spiro atoms. The van der Waals surface area contributed by atoms with Crippen LogP contribution in [0.5, 0.6) is 0 Å². The Labute approximate surface area is 84.0 Å². The van der Waals surface area contributed by atoms with Crippen LogP contribution in [-0.2, 0) is 7.05 Å². The second-order valence-corrected chi connectivity index (χ2v) is 2.90. The molecule has 0 unspecified atom stereocenters. The van der Waals surface area contributed by atoms with Gasteiger partial charge in [0.25, 0.3) is 0 Å². The van der Waals surface area contributed by atoms with Gasteiger partial charge in [-0.05, 0) is 12.1 Å². The number of para-hydroxylation sites is 1. The molecule has 0 saturated heterocycles. The Hall–Kier alpha value is -1.15. The van der Waals surface area contributed by atoms with Crippen LogP contribution in [0.4, 0.5) is 5.82 Å². The fourth-order valence-corrected chi connectivity index (χ4v) is 1.53. The van der Waals surface area contributed by atoms with Crippen molar-refractivity contribution >= 4 is 29.1 Å². The molecular weight excluding hydrogens is 184 g/mol. The standard InChI is InChI=1S/C10H12N2.ClH/c1-11-10-7-8-5-3-4-6-9(8)12(10)2;/h3-7,11H,1-2H3;1H. The number of hydrogen-bond acceptors (Lipinski definition) is 1. The summed E-state index contributed by atoms with van der Waals surface area (Å²) in [5.74, 6) is 1.15. The van der Waals surface area contributed by atoms with Gasteiger partial charge in [-0.25, -0.2) is 0 Å². The van der Waals surface area contributed by atoms with Gasteiger partial charge < -0.3 is 9.88 Å². The Bertz CT molecular complexity index is 406. The van der Waals surface area contributed by atoms with Crippen molar-refractivity contribution in [1.29, 1.82) is 0 Å². The van der Waals surface area contributed by atoms with E-state index in [9.17, 15) is 0 Å². The first-order chi connectivity index (χ1) is 5.83. The van der Waals surface area contributed by atoms with Gasteiger partial charge in [0.05, 0.1) is 0 Å². The van der Waals surface area contributed by atoms with Crippen molar-refractivity contribution in [2.75, 3.05) is 12.4 Å². The van der Waals surface area contributed by atoms with Crippen LogP contribution in [0.2, 0.25) is 0 Å². The van der Waals surface area contributed by atoms with E-state index in [4.69, 9.17) is 0 Å². The van der Waals surface area contributed by atoms with Crippen LogP contribution in [0.3, 0.4) is 0 Å². The molecule has 1 heterocycles. The number of halogens is 1. The van der Waals surface area contributed by atoms with Crippen LogP contribution in [0.1, 0.15) is 0 Å². The van der Waals surface area contributed by atoms with Crippen molar-refractivity contribution in [2.24, 2.45) is 7.05 Å². The molecule has 2 aromatic rings. The molecule has 0 atom stereocenters. The van der Waals surface area contributed by atoms with E-state index in [0.717, 1.165) is 5.82 Å². The largest absolute Gasteiger partial charge is 0.375 e. The van der Waals surface area contributed by atoms with E-state index >= 15 is 0 Å². The van der Waals surface area contributed by atoms with Crippen LogP contribution < -0.4 is 5.32 Å². The highest BCUT2D eigenvalue weighted by atomic mass is 35.5. The lowest BCUT2D eigenvalue weighted by Crippen LogP contribution is -1.95. The van der Waals surface area contributed by atoms with Gasteiger partial charge in [-0.1, -0.05) is 18.2 Å². The lowest BCUT2D eigenvalue weighted by molar-refractivity contribution is 0.972. The third-order valence-corrected chi connectivity index (χ3v) is 2.21. The number of anilines is 1. The van der Waals surface area contributed by atoms with E-state index in [2.05, 4.69) is 47.3 Å². The number of benzene rings is 1. The number of fused-ring (bicyclic) bond motifs is 1. The summed E-state index contributed by atoms with van der Waals surface area (Å²) in [7, 11) is 4.00. The molecule has 1 aromatic carbocycles. The Morgan fingerprint density at radius 1 is 1.23 bits per heavy atom. The molecule has 2 nitrogen and oxygen atoms in total. The minimum atomic E-state index is 0. The molecule has 0 bridgehead atoms. The lowest BCUT2D eigenvalue weighted by Gasteiger charge is -2.01. The van der Waals surface area contributed by atoms with Gasteiger partial charge in [0.15, 0.2) is 0 Å².